The van der Waals surface area contributed by atoms with Crippen molar-refractivity contribution in [2.45, 2.75) is 27.2 Å². The van der Waals surface area contributed by atoms with E-state index in [1.165, 1.54) is 0 Å². The zero-order valence-electron chi connectivity index (χ0n) is 10.9. The number of rotatable bonds is 10. The van der Waals surface area contributed by atoms with Gasteiger partial charge in [-0.05, 0) is 20.3 Å². The Balaban J connectivity index is 4.50. The van der Waals surface area contributed by atoms with Crippen LogP contribution in [0.25, 0.3) is 0 Å². The van der Waals surface area contributed by atoms with E-state index in [0.29, 0.717) is 19.8 Å². The Bertz CT molecular complexity index is 226. The van der Waals surface area contributed by atoms with Gasteiger partial charge in [-0.3, -0.25) is 0 Å². The van der Waals surface area contributed by atoms with Crippen LogP contribution in [0.1, 0.15) is 27.2 Å². The van der Waals surface area contributed by atoms with Crippen LogP contribution in [0.3, 0.4) is 0 Å². The Hall–Kier alpha value is -0.693. The number of hydrogen-bond acceptors (Lipinski definition) is 5. The number of ether oxygens (including phenoxy) is 1. The summed E-state index contributed by atoms with van der Waals surface area (Å²) < 4.78 is 21.7. The van der Waals surface area contributed by atoms with Crippen LogP contribution in [-0.2, 0) is 22.8 Å². The maximum atomic E-state index is 11.1. The van der Waals surface area contributed by atoms with Crippen LogP contribution in [0.4, 0.5) is 0 Å². The Labute approximate surface area is 104 Å². The van der Waals surface area contributed by atoms with Gasteiger partial charge in [0, 0.05) is 25.9 Å². The lowest BCUT2D eigenvalue weighted by Gasteiger charge is -2.27. The molecule has 5 nitrogen and oxygen atoms in total. The quantitative estimate of drug-likeness (QED) is 0.341. The molecule has 0 radical (unpaired) electrons. The van der Waals surface area contributed by atoms with E-state index in [9.17, 15) is 4.79 Å². The highest BCUT2D eigenvalue weighted by Gasteiger charge is 2.42. The molecule has 0 aliphatic carbocycles. The van der Waals surface area contributed by atoms with Crippen molar-refractivity contribution in [2.24, 2.45) is 0 Å². The van der Waals surface area contributed by atoms with Crippen molar-refractivity contribution in [1.29, 1.82) is 0 Å². The first-order valence-electron chi connectivity index (χ1n) is 5.85. The predicted octanol–water partition coefficient (Wildman–Crippen LogP) is 1.69. The Morgan fingerprint density at radius 2 is 1.76 bits per heavy atom. The van der Waals surface area contributed by atoms with Crippen molar-refractivity contribution >= 4 is 14.8 Å². The highest BCUT2D eigenvalue weighted by atomic mass is 28.4. The van der Waals surface area contributed by atoms with Gasteiger partial charge in [0.2, 0.25) is 0 Å². The molecular formula is C11H22O5Si. The molecule has 0 aliphatic rings. The average molecular weight is 262 g/mol. The number of hydrogen-bond donors (Lipinski definition) is 0. The van der Waals surface area contributed by atoms with Gasteiger partial charge < -0.3 is 18.0 Å². The van der Waals surface area contributed by atoms with E-state index < -0.39 is 14.8 Å². The van der Waals surface area contributed by atoms with Gasteiger partial charge in [-0.1, -0.05) is 13.5 Å². The smallest absolute Gasteiger partial charge is 0.458 e. The third kappa shape index (κ3) is 6.57. The molecule has 0 N–H and O–H groups in total. The van der Waals surface area contributed by atoms with Crippen molar-refractivity contribution in [3.05, 3.63) is 12.7 Å². The molecule has 0 bridgehead atoms. The molecule has 0 aliphatic heterocycles. The summed E-state index contributed by atoms with van der Waals surface area (Å²) in [5, 5.41) is 0. The highest BCUT2D eigenvalue weighted by Crippen LogP contribution is 2.11. The lowest BCUT2D eigenvalue weighted by molar-refractivity contribution is -0.137. The third-order valence-electron chi connectivity index (χ3n) is 1.81. The van der Waals surface area contributed by atoms with Crippen LogP contribution < -0.4 is 0 Å². The second kappa shape index (κ2) is 9.35. The van der Waals surface area contributed by atoms with Gasteiger partial charge in [-0.25, -0.2) is 4.79 Å². The number of esters is 1. The maximum Gasteiger partial charge on any atom is 0.540 e. The lowest BCUT2D eigenvalue weighted by atomic mass is 10.5. The van der Waals surface area contributed by atoms with Crippen LogP contribution in [0.15, 0.2) is 12.7 Å². The molecule has 6 heteroatoms. The van der Waals surface area contributed by atoms with Crippen LogP contribution in [0.5, 0.6) is 0 Å². The molecule has 0 amide bonds. The Morgan fingerprint density at radius 3 is 2.18 bits per heavy atom. The molecule has 0 unspecified atom stereocenters. The third-order valence-corrected chi connectivity index (χ3v) is 4.41. The monoisotopic (exact) mass is 262 g/mol. The van der Waals surface area contributed by atoms with Gasteiger partial charge in [-0.15, -0.1) is 0 Å². The minimum absolute atomic E-state index is 0.0273. The van der Waals surface area contributed by atoms with Crippen LogP contribution in [0.2, 0.25) is 0 Å². The van der Waals surface area contributed by atoms with Crippen molar-refractivity contribution in [1.82, 2.24) is 0 Å². The van der Waals surface area contributed by atoms with Crippen molar-refractivity contribution in [3.63, 3.8) is 0 Å². The Kier molecular flexibility index (Phi) is 8.97. The molecule has 0 aromatic carbocycles. The molecule has 0 saturated carbocycles. The van der Waals surface area contributed by atoms with Gasteiger partial charge in [0.05, 0.1) is 0 Å². The average Bonchev–Trinajstić information content (AvgIpc) is 2.34. The molecule has 0 heterocycles. The van der Waals surface area contributed by atoms with E-state index >= 15 is 0 Å². The molecule has 0 saturated heterocycles. The zero-order chi connectivity index (χ0) is 13.1. The van der Waals surface area contributed by atoms with Gasteiger partial charge in [-0.2, -0.15) is 0 Å². The summed E-state index contributed by atoms with van der Waals surface area (Å²) in [6.07, 6.45) is 1.99. The minimum atomic E-state index is -2.89. The van der Waals surface area contributed by atoms with Gasteiger partial charge in [0.25, 0.3) is 0 Å². The lowest BCUT2D eigenvalue weighted by Crippen LogP contribution is -2.51. The van der Waals surface area contributed by atoms with E-state index in [1.54, 1.807) is 0 Å². The summed E-state index contributed by atoms with van der Waals surface area (Å²) in [5.74, 6) is -0.499. The second-order valence-electron chi connectivity index (χ2n) is 3.21. The summed E-state index contributed by atoms with van der Waals surface area (Å²) in [4.78, 5) is 11.1. The molecule has 0 atom stereocenters. The normalized spacial score (nSPS) is 11.2. The SMILES string of the molecule is C=CC(=O)OC[Si](OCC)(OCC)OCCC. The molecule has 0 aromatic heterocycles. The fourth-order valence-electron chi connectivity index (χ4n) is 1.17. The minimum Gasteiger partial charge on any atom is -0.458 e. The van der Waals surface area contributed by atoms with E-state index in [1.807, 2.05) is 20.8 Å². The van der Waals surface area contributed by atoms with Crippen LogP contribution in [0, 0.1) is 0 Å². The summed E-state index contributed by atoms with van der Waals surface area (Å²) in [5.41, 5.74) is 0. The first kappa shape index (κ1) is 16.3. The van der Waals surface area contributed by atoms with E-state index in [4.69, 9.17) is 18.0 Å². The first-order valence-corrected chi connectivity index (χ1v) is 7.78. The van der Waals surface area contributed by atoms with E-state index in [2.05, 4.69) is 6.58 Å². The second-order valence-corrected chi connectivity index (χ2v) is 5.73. The summed E-state index contributed by atoms with van der Waals surface area (Å²) in [7, 11) is -2.89. The van der Waals surface area contributed by atoms with Gasteiger partial charge in [0.15, 0.2) is 6.23 Å². The predicted molar refractivity (Wildman–Crippen MR) is 66.4 cm³/mol. The summed E-state index contributed by atoms with van der Waals surface area (Å²) in [6, 6.07) is 0. The molecule has 0 rings (SSSR count). The van der Waals surface area contributed by atoms with Gasteiger partial charge in [0.1, 0.15) is 0 Å². The van der Waals surface area contributed by atoms with E-state index in [-0.39, 0.29) is 6.23 Å². The first-order chi connectivity index (χ1) is 8.14. The fourth-order valence-corrected chi connectivity index (χ4v) is 3.38. The summed E-state index contributed by atoms with van der Waals surface area (Å²) in [6.45, 7) is 10.5. The fraction of sp³-hybridized carbons (Fsp3) is 0.727. The van der Waals surface area contributed by atoms with Gasteiger partial charge >= 0.3 is 14.8 Å². The molecule has 0 aromatic rings. The molecule has 0 fully saturated rings. The number of carbonyl (C=O) groups is 1. The zero-order valence-corrected chi connectivity index (χ0v) is 11.9. The topological polar surface area (TPSA) is 54.0 Å². The molecule has 0 spiro atoms. The largest absolute Gasteiger partial charge is 0.540 e. The molecular weight excluding hydrogens is 240 g/mol. The highest BCUT2D eigenvalue weighted by molar-refractivity contribution is 6.60. The van der Waals surface area contributed by atoms with Crippen LogP contribution in [-0.4, -0.2) is 40.8 Å². The Morgan fingerprint density at radius 1 is 1.18 bits per heavy atom. The standard InChI is InChI=1S/C11H22O5Si/c1-5-9-16-17(14-7-3,15-8-4)10-13-11(12)6-2/h6H,2,5,7-10H2,1,3-4H3. The van der Waals surface area contributed by atoms with Crippen molar-refractivity contribution in [2.75, 3.05) is 26.1 Å². The number of carbonyl (C=O) groups excluding carboxylic acids is 1. The maximum absolute atomic E-state index is 11.1. The van der Waals surface area contributed by atoms with Crippen molar-refractivity contribution in [3.8, 4) is 0 Å². The molecule has 100 valence electrons. The van der Waals surface area contributed by atoms with E-state index in [0.717, 1.165) is 12.5 Å². The summed E-state index contributed by atoms with van der Waals surface area (Å²) >= 11 is 0. The van der Waals surface area contributed by atoms with Crippen LogP contribution >= 0.6 is 0 Å². The molecule has 17 heavy (non-hydrogen) atoms. The van der Waals surface area contributed by atoms with Crippen molar-refractivity contribution < 1.29 is 22.8 Å².